The van der Waals surface area contributed by atoms with E-state index in [4.69, 9.17) is 0 Å². The zero-order valence-electron chi connectivity index (χ0n) is 11.3. The fourth-order valence-electron chi connectivity index (χ4n) is 2.11. The average molecular weight is 363 g/mol. The second-order valence-electron chi connectivity index (χ2n) is 4.62. The molecule has 3 aromatic rings. The molecule has 0 fully saturated rings. The summed E-state index contributed by atoms with van der Waals surface area (Å²) in [6, 6.07) is 14.4. The molecule has 0 amide bonds. The largest absolute Gasteiger partial charge is 0.311 e. The summed E-state index contributed by atoms with van der Waals surface area (Å²) in [6.45, 7) is 1.64. The molecule has 0 unspecified atom stereocenters. The summed E-state index contributed by atoms with van der Waals surface area (Å²) < 4.78 is 1.18. The van der Waals surface area contributed by atoms with E-state index >= 15 is 0 Å². The van der Waals surface area contributed by atoms with Crippen molar-refractivity contribution in [1.82, 2.24) is 20.7 Å². The monoisotopic (exact) mass is 362 g/mol. The van der Waals surface area contributed by atoms with Crippen molar-refractivity contribution in [2.75, 3.05) is 6.54 Å². The number of nitrogens with zero attached hydrogens (tertiary/aromatic N) is 2. The van der Waals surface area contributed by atoms with Crippen molar-refractivity contribution in [1.29, 1.82) is 0 Å². The predicted molar refractivity (Wildman–Crippen MR) is 89.2 cm³/mol. The number of nitrogens with one attached hydrogen (secondary N) is 2. The van der Waals surface area contributed by atoms with Crippen molar-refractivity contribution in [2.45, 2.75) is 13.0 Å². The number of thiophene rings is 1. The Morgan fingerprint density at radius 2 is 1.95 bits per heavy atom. The fourth-order valence-corrected chi connectivity index (χ4v) is 3.59. The molecular formula is C15H15BrN4S. The van der Waals surface area contributed by atoms with Crippen LogP contribution in [-0.4, -0.2) is 22.0 Å². The SMILES string of the molecule is Brc1ccc(CCNCc2n[nH]nc2-c2ccccc2)s1. The Hall–Kier alpha value is -1.50. The van der Waals surface area contributed by atoms with Gasteiger partial charge < -0.3 is 5.32 Å². The van der Waals surface area contributed by atoms with Gasteiger partial charge in [0, 0.05) is 23.5 Å². The van der Waals surface area contributed by atoms with Crippen LogP contribution in [0.4, 0.5) is 0 Å². The number of rotatable bonds is 6. The lowest BCUT2D eigenvalue weighted by molar-refractivity contribution is 0.676. The van der Waals surface area contributed by atoms with Crippen LogP contribution in [0.5, 0.6) is 0 Å². The Balaban J connectivity index is 1.55. The summed E-state index contributed by atoms with van der Waals surface area (Å²) in [5.41, 5.74) is 2.96. The Morgan fingerprint density at radius 1 is 1.10 bits per heavy atom. The number of hydrogen-bond donors (Lipinski definition) is 2. The number of H-pyrrole nitrogens is 1. The summed E-state index contributed by atoms with van der Waals surface area (Å²) in [6.07, 6.45) is 1.02. The fraction of sp³-hybridized carbons (Fsp3) is 0.200. The maximum absolute atomic E-state index is 4.25. The van der Waals surface area contributed by atoms with E-state index in [1.807, 2.05) is 30.3 Å². The molecule has 1 aromatic carbocycles. The molecule has 2 aromatic heterocycles. The third-order valence-electron chi connectivity index (χ3n) is 3.14. The second-order valence-corrected chi connectivity index (χ2v) is 7.17. The first kappa shape index (κ1) is 14.4. The summed E-state index contributed by atoms with van der Waals surface area (Å²) in [7, 11) is 0. The molecule has 0 aliphatic heterocycles. The van der Waals surface area contributed by atoms with Gasteiger partial charge in [-0.3, -0.25) is 0 Å². The molecule has 6 heteroatoms. The molecule has 0 bridgehead atoms. The minimum absolute atomic E-state index is 0.716. The molecule has 0 atom stereocenters. The first-order valence-electron chi connectivity index (χ1n) is 6.73. The van der Waals surface area contributed by atoms with Crippen molar-refractivity contribution >= 4 is 27.3 Å². The van der Waals surface area contributed by atoms with Gasteiger partial charge in [-0.2, -0.15) is 15.4 Å². The highest BCUT2D eigenvalue weighted by Crippen LogP contribution is 2.22. The Bertz CT molecular complexity index is 693. The van der Waals surface area contributed by atoms with E-state index in [0.29, 0.717) is 6.54 Å². The zero-order valence-corrected chi connectivity index (χ0v) is 13.7. The van der Waals surface area contributed by atoms with Crippen molar-refractivity contribution in [3.63, 3.8) is 0 Å². The summed E-state index contributed by atoms with van der Waals surface area (Å²) >= 11 is 5.26. The quantitative estimate of drug-likeness (QED) is 0.658. The maximum Gasteiger partial charge on any atom is 0.117 e. The number of hydrogen-bond acceptors (Lipinski definition) is 4. The first-order chi connectivity index (χ1) is 10.3. The average Bonchev–Trinajstić information content (AvgIpc) is 3.13. The minimum atomic E-state index is 0.716. The topological polar surface area (TPSA) is 53.6 Å². The van der Waals surface area contributed by atoms with Gasteiger partial charge in [-0.05, 0) is 34.5 Å². The van der Waals surface area contributed by atoms with Crippen LogP contribution in [0.2, 0.25) is 0 Å². The van der Waals surface area contributed by atoms with Crippen LogP contribution in [0.3, 0.4) is 0 Å². The van der Waals surface area contributed by atoms with Gasteiger partial charge in [0.15, 0.2) is 0 Å². The molecule has 0 saturated heterocycles. The first-order valence-corrected chi connectivity index (χ1v) is 8.34. The molecule has 0 aliphatic rings. The third-order valence-corrected chi connectivity index (χ3v) is 4.82. The summed E-state index contributed by atoms with van der Waals surface area (Å²) in [5, 5.41) is 14.6. The number of halogens is 1. The Kier molecular flexibility index (Phi) is 4.80. The van der Waals surface area contributed by atoms with E-state index in [0.717, 1.165) is 29.9 Å². The Labute approximate surface area is 135 Å². The molecule has 2 heterocycles. The summed E-state index contributed by atoms with van der Waals surface area (Å²) in [4.78, 5) is 1.37. The van der Waals surface area contributed by atoms with Gasteiger partial charge in [-0.1, -0.05) is 30.3 Å². The molecule has 21 heavy (non-hydrogen) atoms. The molecule has 0 aliphatic carbocycles. The van der Waals surface area contributed by atoms with Crippen molar-refractivity contribution in [3.8, 4) is 11.3 Å². The molecule has 0 spiro atoms. The lowest BCUT2D eigenvalue weighted by Crippen LogP contribution is -2.17. The normalized spacial score (nSPS) is 10.9. The Morgan fingerprint density at radius 3 is 2.71 bits per heavy atom. The van der Waals surface area contributed by atoms with E-state index in [1.165, 1.54) is 8.66 Å². The molecule has 108 valence electrons. The third kappa shape index (κ3) is 3.78. The lowest BCUT2D eigenvalue weighted by Gasteiger charge is -2.03. The van der Waals surface area contributed by atoms with Gasteiger partial charge in [0.1, 0.15) is 11.4 Å². The van der Waals surface area contributed by atoms with Crippen LogP contribution >= 0.6 is 27.3 Å². The minimum Gasteiger partial charge on any atom is -0.311 e. The van der Waals surface area contributed by atoms with Gasteiger partial charge in [0.25, 0.3) is 0 Å². The van der Waals surface area contributed by atoms with Crippen molar-refractivity contribution in [2.24, 2.45) is 0 Å². The highest BCUT2D eigenvalue weighted by atomic mass is 79.9. The highest BCUT2D eigenvalue weighted by Gasteiger charge is 2.09. The van der Waals surface area contributed by atoms with Crippen molar-refractivity contribution in [3.05, 3.63) is 56.8 Å². The van der Waals surface area contributed by atoms with E-state index < -0.39 is 0 Å². The van der Waals surface area contributed by atoms with Gasteiger partial charge in [0.05, 0.1) is 3.79 Å². The van der Waals surface area contributed by atoms with Gasteiger partial charge >= 0.3 is 0 Å². The van der Waals surface area contributed by atoms with Crippen LogP contribution in [0.1, 0.15) is 10.6 Å². The van der Waals surface area contributed by atoms with Crippen LogP contribution in [0, 0.1) is 0 Å². The standard InChI is InChI=1S/C15H15BrN4S/c16-14-7-6-12(21-14)8-9-17-10-13-15(19-20-18-13)11-4-2-1-3-5-11/h1-7,17H,8-10H2,(H,18,19,20). The molecule has 0 saturated carbocycles. The second kappa shape index (κ2) is 6.98. The van der Waals surface area contributed by atoms with Gasteiger partial charge in [0.2, 0.25) is 0 Å². The zero-order chi connectivity index (χ0) is 14.5. The van der Waals surface area contributed by atoms with Crippen LogP contribution < -0.4 is 5.32 Å². The summed E-state index contributed by atoms with van der Waals surface area (Å²) in [5.74, 6) is 0. The van der Waals surface area contributed by atoms with Crippen LogP contribution in [0.25, 0.3) is 11.3 Å². The molecule has 0 radical (unpaired) electrons. The number of aromatic nitrogens is 3. The number of benzene rings is 1. The van der Waals surface area contributed by atoms with E-state index in [-0.39, 0.29) is 0 Å². The van der Waals surface area contributed by atoms with Crippen LogP contribution in [-0.2, 0) is 13.0 Å². The lowest BCUT2D eigenvalue weighted by atomic mass is 10.1. The highest BCUT2D eigenvalue weighted by molar-refractivity contribution is 9.11. The molecule has 4 nitrogen and oxygen atoms in total. The van der Waals surface area contributed by atoms with Gasteiger partial charge in [-0.25, -0.2) is 0 Å². The molecule has 3 rings (SSSR count). The van der Waals surface area contributed by atoms with E-state index in [2.05, 4.69) is 48.8 Å². The molecular weight excluding hydrogens is 348 g/mol. The molecule has 2 N–H and O–H groups in total. The number of aromatic amines is 1. The van der Waals surface area contributed by atoms with Gasteiger partial charge in [-0.15, -0.1) is 11.3 Å². The van der Waals surface area contributed by atoms with E-state index in [9.17, 15) is 0 Å². The smallest absolute Gasteiger partial charge is 0.117 e. The predicted octanol–water partition coefficient (Wildman–Crippen LogP) is 3.63. The maximum atomic E-state index is 4.25. The van der Waals surface area contributed by atoms with Crippen molar-refractivity contribution < 1.29 is 0 Å². The van der Waals surface area contributed by atoms with E-state index in [1.54, 1.807) is 11.3 Å². The van der Waals surface area contributed by atoms with Crippen LogP contribution in [0.15, 0.2) is 46.3 Å².